The molecule has 0 saturated heterocycles. The average molecular weight is 384 g/mol. The number of thioether (sulfide) groups is 1. The van der Waals surface area contributed by atoms with E-state index in [2.05, 4.69) is 15.3 Å². The molecule has 3 rings (SSSR count). The van der Waals surface area contributed by atoms with E-state index in [0.717, 1.165) is 28.8 Å². The molecule has 1 aromatic heterocycles. The monoisotopic (exact) mass is 384 g/mol. The first-order valence-corrected chi connectivity index (χ1v) is 9.67. The van der Waals surface area contributed by atoms with E-state index in [1.54, 1.807) is 24.1 Å². The number of carbonyl (C=O) groups is 1. The van der Waals surface area contributed by atoms with E-state index in [9.17, 15) is 9.18 Å². The number of aromatic nitrogens is 2. The molecule has 0 radical (unpaired) electrons. The van der Waals surface area contributed by atoms with Crippen molar-refractivity contribution in [3.63, 3.8) is 0 Å². The van der Waals surface area contributed by atoms with Crippen LogP contribution in [0.5, 0.6) is 0 Å². The molecule has 3 aromatic rings. The van der Waals surface area contributed by atoms with Crippen LogP contribution in [0.1, 0.15) is 12.5 Å². The van der Waals surface area contributed by atoms with Gasteiger partial charge in [0.1, 0.15) is 11.6 Å². The predicted octanol–water partition coefficient (Wildman–Crippen LogP) is 3.95. The van der Waals surface area contributed by atoms with Gasteiger partial charge in [-0.2, -0.15) is 0 Å². The largest absolute Gasteiger partial charge is 0.370 e. The van der Waals surface area contributed by atoms with Gasteiger partial charge in [-0.25, -0.2) is 14.4 Å². The highest BCUT2D eigenvalue weighted by molar-refractivity contribution is 7.99. The number of anilines is 1. The van der Waals surface area contributed by atoms with Crippen LogP contribution in [0.3, 0.4) is 0 Å². The third kappa shape index (κ3) is 4.95. The number of rotatable bonds is 7. The molecular weight excluding hydrogens is 363 g/mol. The molecule has 0 spiro atoms. The van der Waals surface area contributed by atoms with Crippen molar-refractivity contribution in [3.8, 4) is 0 Å². The summed E-state index contributed by atoms with van der Waals surface area (Å²) >= 11 is 1.31. The van der Waals surface area contributed by atoms with Crippen molar-refractivity contribution in [2.75, 3.05) is 24.7 Å². The van der Waals surface area contributed by atoms with Gasteiger partial charge >= 0.3 is 0 Å². The van der Waals surface area contributed by atoms with Crippen LogP contribution in [0.4, 0.5) is 10.2 Å². The molecule has 27 heavy (non-hydrogen) atoms. The number of hydrogen-bond acceptors (Lipinski definition) is 5. The fourth-order valence-electron chi connectivity index (χ4n) is 2.61. The van der Waals surface area contributed by atoms with Crippen LogP contribution in [-0.2, 0) is 11.3 Å². The van der Waals surface area contributed by atoms with Gasteiger partial charge in [0, 0.05) is 25.5 Å². The van der Waals surface area contributed by atoms with E-state index in [0.29, 0.717) is 11.7 Å². The minimum Gasteiger partial charge on any atom is -0.370 e. The standard InChI is InChI=1S/C20H21FN4OS/c1-3-22-19-16-6-4-5-7-17(16)23-20(24-19)27-13-18(26)25(2)12-14-8-10-15(21)11-9-14/h4-11H,3,12-13H2,1-2H3,(H,22,23,24). The maximum atomic E-state index is 13.0. The third-order valence-corrected chi connectivity index (χ3v) is 4.84. The van der Waals surface area contributed by atoms with Gasteiger partial charge in [-0.1, -0.05) is 36.0 Å². The third-order valence-electron chi connectivity index (χ3n) is 4.01. The Morgan fingerprint density at radius 3 is 2.63 bits per heavy atom. The number of hydrogen-bond donors (Lipinski definition) is 1. The smallest absolute Gasteiger partial charge is 0.233 e. The SMILES string of the molecule is CCNc1nc(SCC(=O)N(C)Cc2ccc(F)cc2)nc2ccccc12. The summed E-state index contributed by atoms with van der Waals surface area (Å²) in [4.78, 5) is 23.1. The van der Waals surface area contributed by atoms with Crippen molar-refractivity contribution in [1.29, 1.82) is 0 Å². The minimum atomic E-state index is -0.284. The van der Waals surface area contributed by atoms with Crippen LogP contribution < -0.4 is 5.32 Å². The maximum Gasteiger partial charge on any atom is 0.233 e. The van der Waals surface area contributed by atoms with Crippen molar-refractivity contribution < 1.29 is 9.18 Å². The first-order valence-electron chi connectivity index (χ1n) is 8.68. The van der Waals surface area contributed by atoms with Crippen LogP contribution in [0.2, 0.25) is 0 Å². The van der Waals surface area contributed by atoms with E-state index in [1.807, 2.05) is 31.2 Å². The average Bonchev–Trinajstić information content (AvgIpc) is 2.68. The zero-order valence-electron chi connectivity index (χ0n) is 15.3. The van der Waals surface area contributed by atoms with E-state index < -0.39 is 0 Å². The molecule has 0 aliphatic carbocycles. The Labute approximate surface area is 162 Å². The lowest BCUT2D eigenvalue weighted by Crippen LogP contribution is -2.27. The van der Waals surface area contributed by atoms with Crippen molar-refractivity contribution in [2.45, 2.75) is 18.6 Å². The molecule has 0 atom stereocenters. The Morgan fingerprint density at radius 2 is 1.89 bits per heavy atom. The number of halogens is 1. The number of para-hydroxylation sites is 1. The Balaban J connectivity index is 1.66. The Kier molecular flexibility index (Phi) is 6.24. The summed E-state index contributed by atoms with van der Waals surface area (Å²) in [6, 6.07) is 14.0. The quantitative estimate of drug-likeness (QED) is 0.494. The Hall–Kier alpha value is -2.67. The number of benzene rings is 2. The molecule has 5 nitrogen and oxygen atoms in total. The molecule has 0 saturated carbocycles. The number of fused-ring (bicyclic) bond motifs is 1. The zero-order chi connectivity index (χ0) is 19.2. The summed E-state index contributed by atoms with van der Waals surface area (Å²) in [7, 11) is 1.73. The molecular formula is C20H21FN4OS. The van der Waals surface area contributed by atoms with Crippen molar-refractivity contribution in [2.24, 2.45) is 0 Å². The Morgan fingerprint density at radius 1 is 1.15 bits per heavy atom. The van der Waals surface area contributed by atoms with Crippen molar-refractivity contribution in [3.05, 3.63) is 59.9 Å². The van der Waals surface area contributed by atoms with E-state index >= 15 is 0 Å². The minimum absolute atomic E-state index is 0.0360. The van der Waals surface area contributed by atoms with Gasteiger partial charge in [-0.05, 0) is 36.8 Å². The van der Waals surface area contributed by atoms with Crippen molar-refractivity contribution in [1.82, 2.24) is 14.9 Å². The predicted molar refractivity (Wildman–Crippen MR) is 107 cm³/mol. The van der Waals surface area contributed by atoms with Crippen LogP contribution in [-0.4, -0.2) is 40.1 Å². The topological polar surface area (TPSA) is 58.1 Å². The van der Waals surface area contributed by atoms with E-state index in [-0.39, 0.29) is 17.5 Å². The van der Waals surface area contributed by atoms with Crippen molar-refractivity contribution >= 4 is 34.4 Å². The fourth-order valence-corrected chi connectivity index (χ4v) is 3.40. The molecule has 0 aliphatic rings. The summed E-state index contributed by atoms with van der Waals surface area (Å²) in [6.07, 6.45) is 0. The summed E-state index contributed by atoms with van der Waals surface area (Å²) < 4.78 is 13.0. The second kappa shape index (κ2) is 8.81. The highest BCUT2D eigenvalue weighted by Crippen LogP contribution is 2.24. The molecule has 0 fully saturated rings. The molecule has 2 aromatic carbocycles. The lowest BCUT2D eigenvalue weighted by molar-refractivity contribution is -0.127. The number of nitrogens with zero attached hydrogens (tertiary/aromatic N) is 3. The van der Waals surface area contributed by atoms with Gasteiger partial charge in [0.15, 0.2) is 5.16 Å². The molecule has 1 heterocycles. The summed E-state index contributed by atoms with van der Waals surface area (Å²) in [6.45, 7) is 3.20. The summed E-state index contributed by atoms with van der Waals surface area (Å²) in [5, 5.41) is 4.77. The van der Waals surface area contributed by atoms with E-state index in [1.165, 1.54) is 23.9 Å². The second-order valence-corrected chi connectivity index (χ2v) is 7.01. The van der Waals surface area contributed by atoms with Crippen LogP contribution in [0, 0.1) is 5.82 Å². The highest BCUT2D eigenvalue weighted by atomic mass is 32.2. The number of nitrogens with one attached hydrogen (secondary N) is 1. The van der Waals surface area contributed by atoms with Gasteiger partial charge in [0.05, 0.1) is 11.3 Å². The van der Waals surface area contributed by atoms with Crippen LogP contribution in [0.15, 0.2) is 53.7 Å². The highest BCUT2D eigenvalue weighted by Gasteiger charge is 2.13. The van der Waals surface area contributed by atoms with E-state index in [4.69, 9.17) is 0 Å². The lowest BCUT2D eigenvalue weighted by Gasteiger charge is -2.17. The number of carbonyl (C=O) groups excluding carboxylic acids is 1. The maximum absolute atomic E-state index is 13.0. The first-order chi connectivity index (χ1) is 13.1. The second-order valence-electron chi connectivity index (χ2n) is 6.07. The fraction of sp³-hybridized carbons (Fsp3) is 0.250. The normalized spacial score (nSPS) is 10.8. The van der Waals surface area contributed by atoms with Crippen LogP contribution in [0.25, 0.3) is 10.9 Å². The Bertz CT molecular complexity index is 933. The van der Waals surface area contributed by atoms with Gasteiger partial charge in [0.25, 0.3) is 0 Å². The molecule has 7 heteroatoms. The molecule has 140 valence electrons. The van der Waals surface area contributed by atoms with Gasteiger partial charge in [-0.15, -0.1) is 0 Å². The van der Waals surface area contributed by atoms with Gasteiger partial charge in [0.2, 0.25) is 5.91 Å². The number of amides is 1. The first kappa shape index (κ1) is 19.1. The van der Waals surface area contributed by atoms with Crippen LogP contribution >= 0.6 is 11.8 Å². The summed E-state index contributed by atoms with van der Waals surface area (Å²) in [5.41, 5.74) is 1.73. The summed E-state index contributed by atoms with van der Waals surface area (Å²) in [5.74, 6) is 0.693. The molecule has 0 aliphatic heterocycles. The van der Waals surface area contributed by atoms with Gasteiger partial charge in [-0.3, -0.25) is 4.79 Å². The van der Waals surface area contributed by atoms with Gasteiger partial charge < -0.3 is 10.2 Å². The lowest BCUT2D eigenvalue weighted by atomic mass is 10.2. The molecule has 0 unspecified atom stereocenters. The zero-order valence-corrected chi connectivity index (χ0v) is 16.1. The molecule has 0 bridgehead atoms. The molecule has 1 N–H and O–H groups in total. The molecule has 1 amide bonds.